The number of anilines is 3. The van der Waals surface area contributed by atoms with Gasteiger partial charge < -0.3 is 20.5 Å². The van der Waals surface area contributed by atoms with Crippen LogP contribution in [0, 0.1) is 24.4 Å². The number of rotatable bonds is 5. The highest BCUT2D eigenvalue weighted by Crippen LogP contribution is 2.29. The second-order valence-corrected chi connectivity index (χ2v) is 7.84. The second-order valence-electron chi connectivity index (χ2n) is 7.84. The van der Waals surface area contributed by atoms with Gasteiger partial charge in [-0.05, 0) is 55.3 Å². The molecule has 35 heavy (non-hydrogen) atoms. The van der Waals surface area contributed by atoms with Crippen LogP contribution >= 0.6 is 0 Å². The highest BCUT2D eigenvalue weighted by molar-refractivity contribution is 6.00. The van der Waals surface area contributed by atoms with E-state index in [0.717, 1.165) is 18.2 Å². The zero-order chi connectivity index (χ0) is 25.3. The number of carbonyl (C=O) groups is 1. The minimum atomic E-state index is -0.975. The van der Waals surface area contributed by atoms with Crippen molar-refractivity contribution in [2.75, 3.05) is 23.0 Å². The number of pyridine rings is 2. The molecule has 10 heteroatoms. The van der Waals surface area contributed by atoms with Gasteiger partial charge in [-0.2, -0.15) is 0 Å². The van der Waals surface area contributed by atoms with Crippen LogP contribution in [0.3, 0.4) is 0 Å². The quantitative estimate of drug-likeness (QED) is 0.352. The molecular formula is C25H22F3N5O2. The Balaban J connectivity index is 1.75. The van der Waals surface area contributed by atoms with E-state index in [0.29, 0.717) is 40.0 Å². The minimum absolute atomic E-state index is 0.230. The summed E-state index contributed by atoms with van der Waals surface area (Å²) in [5, 5.41) is 8.10. The number of amides is 2. The monoisotopic (exact) mass is 481 g/mol. The maximum atomic E-state index is 14.7. The fourth-order valence-corrected chi connectivity index (χ4v) is 3.84. The standard InChI is InChI=1S/C25H22F3N5O2/c1-4-33-22-11-23(29-3)30-12-14(22)8-17(24(33)34)16-10-21(19(28)7-13(16)2)32-25(35)31-20-9-15(26)5-6-18(20)27/h5-12H,4H2,1-3H3,(H,29,30)(H2,31,32,35). The topological polar surface area (TPSA) is 88.1 Å². The number of aromatic nitrogens is 2. The Bertz CT molecular complexity index is 1520. The molecule has 0 unspecified atom stereocenters. The lowest BCUT2D eigenvalue weighted by molar-refractivity contribution is 0.262. The molecule has 0 aliphatic carbocycles. The summed E-state index contributed by atoms with van der Waals surface area (Å²) in [6.45, 7) is 3.88. The summed E-state index contributed by atoms with van der Waals surface area (Å²) in [7, 11) is 1.73. The Morgan fingerprint density at radius 1 is 0.971 bits per heavy atom. The van der Waals surface area contributed by atoms with Crippen LogP contribution in [0.15, 0.2) is 53.5 Å². The van der Waals surface area contributed by atoms with Crippen LogP contribution < -0.4 is 21.5 Å². The molecule has 0 bridgehead atoms. The van der Waals surface area contributed by atoms with E-state index in [1.54, 1.807) is 36.9 Å². The van der Waals surface area contributed by atoms with Crippen molar-refractivity contribution in [1.82, 2.24) is 9.55 Å². The molecule has 4 rings (SSSR count). The van der Waals surface area contributed by atoms with Crippen LogP contribution in [0.1, 0.15) is 12.5 Å². The Labute approximate surface area is 198 Å². The average molecular weight is 481 g/mol. The first-order valence-electron chi connectivity index (χ1n) is 10.8. The van der Waals surface area contributed by atoms with Gasteiger partial charge in [0.25, 0.3) is 5.56 Å². The van der Waals surface area contributed by atoms with Crippen molar-refractivity contribution in [1.29, 1.82) is 0 Å². The van der Waals surface area contributed by atoms with E-state index in [9.17, 15) is 22.8 Å². The molecule has 0 spiro atoms. The highest BCUT2D eigenvalue weighted by atomic mass is 19.1. The van der Waals surface area contributed by atoms with Gasteiger partial charge in [0.05, 0.1) is 16.9 Å². The van der Waals surface area contributed by atoms with Crippen LogP contribution in [0.2, 0.25) is 0 Å². The number of hydrogen-bond donors (Lipinski definition) is 3. The first-order valence-corrected chi connectivity index (χ1v) is 10.8. The third kappa shape index (κ3) is 4.68. The summed E-state index contributed by atoms with van der Waals surface area (Å²) in [6, 6.07) is 7.57. The molecule has 4 aromatic rings. The van der Waals surface area contributed by atoms with Crippen molar-refractivity contribution in [3.05, 3.63) is 82.0 Å². The number of urea groups is 1. The van der Waals surface area contributed by atoms with Crippen molar-refractivity contribution >= 4 is 34.1 Å². The molecule has 2 aromatic carbocycles. The molecule has 0 atom stereocenters. The summed E-state index contributed by atoms with van der Waals surface area (Å²) >= 11 is 0. The van der Waals surface area contributed by atoms with Crippen molar-refractivity contribution < 1.29 is 18.0 Å². The molecule has 0 radical (unpaired) electrons. The predicted octanol–water partition coefficient (Wildman–Crippen LogP) is 5.49. The number of fused-ring (bicyclic) bond motifs is 1. The Morgan fingerprint density at radius 2 is 1.69 bits per heavy atom. The van der Waals surface area contributed by atoms with Gasteiger partial charge in [-0.1, -0.05) is 0 Å². The highest BCUT2D eigenvalue weighted by Gasteiger charge is 2.17. The van der Waals surface area contributed by atoms with Crippen molar-refractivity contribution in [2.45, 2.75) is 20.4 Å². The fraction of sp³-hybridized carbons (Fsp3) is 0.160. The molecule has 0 saturated heterocycles. The lowest BCUT2D eigenvalue weighted by Crippen LogP contribution is -2.23. The molecule has 3 N–H and O–H groups in total. The number of hydrogen-bond acceptors (Lipinski definition) is 4. The molecule has 0 fully saturated rings. The third-order valence-electron chi connectivity index (χ3n) is 5.58. The van der Waals surface area contributed by atoms with E-state index in [-0.39, 0.29) is 11.2 Å². The number of carbonyl (C=O) groups excluding carboxylic acids is 1. The van der Waals surface area contributed by atoms with Gasteiger partial charge in [-0.3, -0.25) is 4.79 Å². The van der Waals surface area contributed by atoms with Crippen molar-refractivity contribution in [3.8, 4) is 11.1 Å². The molecule has 0 aliphatic rings. The van der Waals surface area contributed by atoms with Crippen LogP contribution in [0.4, 0.5) is 35.2 Å². The first kappa shape index (κ1) is 23.8. The summed E-state index contributed by atoms with van der Waals surface area (Å²) in [5.74, 6) is -1.74. The van der Waals surface area contributed by atoms with E-state index in [1.807, 2.05) is 6.92 Å². The van der Waals surface area contributed by atoms with Gasteiger partial charge in [-0.25, -0.2) is 22.9 Å². The van der Waals surface area contributed by atoms with E-state index < -0.39 is 29.2 Å². The molecule has 0 aliphatic heterocycles. The normalized spacial score (nSPS) is 10.9. The zero-order valence-electron chi connectivity index (χ0n) is 19.2. The Hall–Kier alpha value is -4.34. The number of aryl methyl sites for hydroxylation is 2. The fourth-order valence-electron chi connectivity index (χ4n) is 3.84. The first-order chi connectivity index (χ1) is 16.7. The summed E-state index contributed by atoms with van der Waals surface area (Å²) in [6.07, 6.45) is 1.63. The smallest absolute Gasteiger partial charge is 0.323 e. The maximum absolute atomic E-state index is 14.7. The van der Waals surface area contributed by atoms with Gasteiger partial charge in [0.2, 0.25) is 0 Å². The Morgan fingerprint density at radius 3 is 2.37 bits per heavy atom. The second kappa shape index (κ2) is 9.49. The van der Waals surface area contributed by atoms with Crippen LogP contribution in [0.25, 0.3) is 22.0 Å². The van der Waals surface area contributed by atoms with Gasteiger partial charge in [0.15, 0.2) is 0 Å². The van der Waals surface area contributed by atoms with Crippen LogP contribution in [-0.2, 0) is 6.54 Å². The number of nitrogens with one attached hydrogen (secondary N) is 3. The largest absolute Gasteiger partial charge is 0.373 e. The minimum Gasteiger partial charge on any atom is -0.373 e. The lowest BCUT2D eigenvalue weighted by atomic mass is 9.99. The van der Waals surface area contributed by atoms with E-state index in [4.69, 9.17) is 0 Å². The van der Waals surface area contributed by atoms with Crippen LogP contribution in [-0.4, -0.2) is 22.6 Å². The number of halogens is 3. The molecule has 7 nitrogen and oxygen atoms in total. The molecule has 180 valence electrons. The molecule has 2 aromatic heterocycles. The van der Waals surface area contributed by atoms with Gasteiger partial charge in [-0.15, -0.1) is 0 Å². The maximum Gasteiger partial charge on any atom is 0.323 e. The Kier molecular flexibility index (Phi) is 6.46. The SMILES string of the molecule is CCn1c(=O)c(-c2cc(NC(=O)Nc3cc(F)ccc3F)c(F)cc2C)cc2cnc(NC)cc21. The third-order valence-corrected chi connectivity index (χ3v) is 5.58. The zero-order valence-corrected chi connectivity index (χ0v) is 19.2. The average Bonchev–Trinajstić information content (AvgIpc) is 2.82. The van der Waals surface area contributed by atoms with E-state index in [1.165, 1.54) is 12.1 Å². The molecular weight excluding hydrogens is 459 g/mol. The summed E-state index contributed by atoms with van der Waals surface area (Å²) in [4.78, 5) is 30.0. The predicted molar refractivity (Wildman–Crippen MR) is 130 cm³/mol. The van der Waals surface area contributed by atoms with Gasteiger partial charge in [0, 0.05) is 42.9 Å². The van der Waals surface area contributed by atoms with Gasteiger partial charge >= 0.3 is 6.03 Å². The summed E-state index contributed by atoms with van der Waals surface area (Å²) in [5.41, 5.74) is 0.954. The number of nitrogens with zero attached hydrogens (tertiary/aromatic N) is 2. The van der Waals surface area contributed by atoms with Crippen molar-refractivity contribution in [3.63, 3.8) is 0 Å². The lowest BCUT2D eigenvalue weighted by Gasteiger charge is -2.15. The molecule has 2 amide bonds. The number of benzene rings is 2. The summed E-state index contributed by atoms with van der Waals surface area (Å²) < 4.78 is 43.5. The van der Waals surface area contributed by atoms with Crippen LogP contribution in [0.5, 0.6) is 0 Å². The van der Waals surface area contributed by atoms with Crippen molar-refractivity contribution in [2.24, 2.45) is 0 Å². The molecule has 2 heterocycles. The van der Waals surface area contributed by atoms with E-state index in [2.05, 4.69) is 20.9 Å². The van der Waals surface area contributed by atoms with Gasteiger partial charge in [0.1, 0.15) is 23.3 Å². The molecule has 0 saturated carbocycles. The van der Waals surface area contributed by atoms with E-state index >= 15 is 0 Å².